The summed E-state index contributed by atoms with van der Waals surface area (Å²) in [6, 6.07) is 5.60. The summed E-state index contributed by atoms with van der Waals surface area (Å²) < 4.78 is 0. The predicted molar refractivity (Wildman–Crippen MR) is 83.3 cm³/mol. The zero-order valence-electron chi connectivity index (χ0n) is 12.3. The molecule has 0 unspecified atom stereocenters. The van der Waals surface area contributed by atoms with Crippen LogP contribution in [0.15, 0.2) is 24.8 Å². The highest BCUT2D eigenvalue weighted by Gasteiger charge is 2.52. The van der Waals surface area contributed by atoms with E-state index in [1.54, 1.807) is 6.07 Å². The molecule has 5 rings (SSSR count). The van der Waals surface area contributed by atoms with Crippen molar-refractivity contribution in [1.29, 1.82) is 0 Å². The average molecular weight is 282 g/mol. The van der Waals surface area contributed by atoms with Crippen LogP contribution in [-0.2, 0) is 5.41 Å². The molecule has 0 aliphatic heterocycles. The van der Waals surface area contributed by atoms with E-state index in [-0.39, 0.29) is 5.41 Å². The Morgan fingerprint density at radius 3 is 2.19 bits per heavy atom. The number of rotatable bonds is 3. The second-order valence-corrected chi connectivity index (χ2v) is 7.51. The second-order valence-electron chi connectivity index (χ2n) is 7.51. The van der Waals surface area contributed by atoms with Crippen LogP contribution in [-0.4, -0.2) is 11.1 Å². The Bertz CT molecular complexity index is 579. The fourth-order valence-electron chi connectivity index (χ4n) is 5.77. The minimum atomic E-state index is -0.823. The molecule has 0 heterocycles. The number of aromatic carboxylic acids is 1. The Kier molecular flexibility index (Phi) is 2.79. The van der Waals surface area contributed by atoms with Gasteiger partial charge in [0.1, 0.15) is 0 Å². The molecule has 0 saturated heterocycles. The standard InChI is InChI=1S/C19H22O2/c1-2-15-3-4-16(18(20)21)8-17(15)19-9-12-5-13(10-19)7-14(6-12)11-19/h2-4,8,12-14H,1,5-7,9-11H2,(H,20,21). The maximum atomic E-state index is 11.4. The van der Waals surface area contributed by atoms with Gasteiger partial charge in [-0.05, 0) is 85.0 Å². The van der Waals surface area contributed by atoms with Gasteiger partial charge >= 0.3 is 5.97 Å². The van der Waals surface area contributed by atoms with E-state index in [4.69, 9.17) is 0 Å². The lowest BCUT2D eigenvalue weighted by molar-refractivity contribution is -0.00530. The van der Waals surface area contributed by atoms with Crippen LogP contribution in [0.2, 0.25) is 0 Å². The molecule has 0 spiro atoms. The molecule has 21 heavy (non-hydrogen) atoms. The first-order valence-electron chi connectivity index (χ1n) is 8.10. The first-order valence-corrected chi connectivity index (χ1v) is 8.10. The van der Waals surface area contributed by atoms with Gasteiger partial charge in [-0.3, -0.25) is 0 Å². The zero-order chi connectivity index (χ0) is 14.6. The third-order valence-corrected chi connectivity index (χ3v) is 6.13. The van der Waals surface area contributed by atoms with E-state index in [9.17, 15) is 9.90 Å². The summed E-state index contributed by atoms with van der Waals surface area (Å²) in [5, 5.41) is 9.33. The molecule has 0 atom stereocenters. The molecule has 4 aliphatic carbocycles. The van der Waals surface area contributed by atoms with Crippen LogP contribution in [0.4, 0.5) is 0 Å². The first-order chi connectivity index (χ1) is 10.1. The third-order valence-electron chi connectivity index (χ3n) is 6.13. The number of carboxylic acid groups (broad SMARTS) is 1. The first kappa shape index (κ1) is 13.1. The molecule has 4 aliphatic rings. The van der Waals surface area contributed by atoms with Crippen molar-refractivity contribution in [2.45, 2.75) is 43.9 Å². The van der Waals surface area contributed by atoms with Crippen LogP contribution < -0.4 is 0 Å². The van der Waals surface area contributed by atoms with Gasteiger partial charge in [0.05, 0.1) is 5.56 Å². The van der Waals surface area contributed by atoms with Crippen molar-refractivity contribution in [2.75, 3.05) is 0 Å². The van der Waals surface area contributed by atoms with Gasteiger partial charge in [0.2, 0.25) is 0 Å². The number of hydrogen-bond acceptors (Lipinski definition) is 1. The maximum Gasteiger partial charge on any atom is 0.335 e. The zero-order valence-corrected chi connectivity index (χ0v) is 12.3. The highest BCUT2D eigenvalue weighted by Crippen LogP contribution is 2.61. The molecule has 2 nitrogen and oxygen atoms in total. The van der Waals surface area contributed by atoms with Crippen LogP contribution in [0.25, 0.3) is 6.08 Å². The van der Waals surface area contributed by atoms with E-state index in [1.807, 2.05) is 18.2 Å². The lowest BCUT2D eigenvalue weighted by Gasteiger charge is -2.57. The quantitative estimate of drug-likeness (QED) is 0.886. The van der Waals surface area contributed by atoms with E-state index in [2.05, 4.69) is 6.58 Å². The fraction of sp³-hybridized carbons (Fsp3) is 0.526. The molecule has 4 fully saturated rings. The normalized spacial score (nSPS) is 36.7. The van der Waals surface area contributed by atoms with Gasteiger partial charge < -0.3 is 5.11 Å². The van der Waals surface area contributed by atoms with Crippen molar-refractivity contribution in [2.24, 2.45) is 17.8 Å². The monoisotopic (exact) mass is 282 g/mol. The van der Waals surface area contributed by atoms with Crippen LogP contribution >= 0.6 is 0 Å². The molecule has 1 aromatic rings. The van der Waals surface area contributed by atoms with E-state index in [1.165, 1.54) is 44.1 Å². The maximum absolute atomic E-state index is 11.4. The van der Waals surface area contributed by atoms with Crippen LogP contribution in [0.3, 0.4) is 0 Å². The smallest absolute Gasteiger partial charge is 0.335 e. The Labute approximate surface area is 125 Å². The van der Waals surface area contributed by atoms with Gasteiger partial charge in [-0.1, -0.05) is 18.7 Å². The minimum absolute atomic E-state index is 0.226. The van der Waals surface area contributed by atoms with Gasteiger partial charge in [-0.15, -0.1) is 0 Å². The molecular weight excluding hydrogens is 260 g/mol. The van der Waals surface area contributed by atoms with Gasteiger partial charge in [0.15, 0.2) is 0 Å². The summed E-state index contributed by atoms with van der Waals surface area (Å²) in [6.07, 6.45) is 9.87. The largest absolute Gasteiger partial charge is 0.478 e. The van der Waals surface area contributed by atoms with E-state index in [0.717, 1.165) is 23.3 Å². The van der Waals surface area contributed by atoms with Crippen molar-refractivity contribution >= 4 is 12.0 Å². The van der Waals surface area contributed by atoms with Crippen molar-refractivity contribution in [3.05, 3.63) is 41.5 Å². The van der Waals surface area contributed by atoms with Gasteiger partial charge in [-0.2, -0.15) is 0 Å². The Hall–Kier alpha value is -1.57. The van der Waals surface area contributed by atoms with E-state index < -0.39 is 5.97 Å². The summed E-state index contributed by atoms with van der Waals surface area (Å²) in [5.74, 6) is 1.77. The fourth-order valence-corrected chi connectivity index (χ4v) is 5.77. The Morgan fingerprint density at radius 1 is 1.14 bits per heavy atom. The van der Waals surface area contributed by atoms with Crippen LogP contribution in [0, 0.1) is 17.8 Å². The molecule has 0 amide bonds. The van der Waals surface area contributed by atoms with Crippen LogP contribution in [0.5, 0.6) is 0 Å². The number of hydrogen-bond donors (Lipinski definition) is 1. The number of carboxylic acids is 1. The Balaban J connectivity index is 1.83. The van der Waals surface area contributed by atoms with Crippen molar-refractivity contribution < 1.29 is 9.90 Å². The molecule has 4 saturated carbocycles. The summed E-state index contributed by atoms with van der Waals surface area (Å²) in [4.78, 5) is 11.4. The molecule has 110 valence electrons. The summed E-state index contributed by atoms with van der Waals surface area (Å²) >= 11 is 0. The van der Waals surface area contributed by atoms with E-state index in [0.29, 0.717) is 5.56 Å². The average Bonchev–Trinajstić information content (AvgIpc) is 2.45. The lowest BCUT2D eigenvalue weighted by Crippen LogP contribution is -2.48. The molecule has 1 aromatic carbocycles. The van der Waals surface area contributed by atoms with Gasteiger partial charge in [-0.25, -0.2) is 4.79 Å². The second kappa shape index (κ2) is 4.46. The molecule has 2 heteroatoms. The topological polar surface area (TPSA) is 37.3 Å². The summed E-state index contributed by atoms with van der Waals surface area (Å²) in [5.41, 5.74) is 3.05. The number of carbonyl (C=O) groups is 1. The predicted octanol–water partition coefficient (Wildman–Crippen LogP) is 4.50. The highest BCUT2D eigenvalue weighted by atomic mass is 16.4. The summed E-state index contributed by atoms with van der Waals surface area (Å²) in [7, 11) is 0. The summed E-state index contributed by atoms with van der Waals surface area (Å²) in [6.45, 7) is 3.95. The van der Waals surface area contributed by atoms with E-state index >= 15 is 0 Å². The molecule has 0 radical (unpaired) electrons. The molecule has 1 N–H and O–H groups in total. The van der Waals surface area contributed by atoms with Crippen molar-refractivity contribution in [3.63, 3.8) is 0 Å². The number of benzene rings is 1. The SMILES string of the molecule is C=Cc1ccc(C(=O)O)cc1C12CC3CC(CC(C3)C1)C2. The lowest BCUT2D eigenvalue weighted by atomic mass is 9.47. The minimum Gasteiger partial charge on any atom is -0.478 e. The van der Waals surface area contributed by atoms with Crippen molar-refractivity contribution in [3.8, 4) is 0 Å². The van der Waals surface area contributed by atoms with Crippen molar-refractivity contribution in [1.82, 2.24) is 0 Å². The van der Waals surface area contributed by atoms with Gasteiger partial charge in [0, 0.05) is 0 Å². The van der Waals surface area contributed by atoms with Gasteiger partial charge in [0.25, 0.3) is 0 Å². The Morgan fingerprint density at radius 2 is 1.71 bits per heavy atom. The molecule has 0 aromatic heterocycles. The van der Waals surface area contributed by atoms with Crippen LogP contribution in [0.1, 0.15) is 60.0 Å². The highest BCUT2D eigenvalue weighted by molar-refractivity contribution is 5.88. The molecule has 4 bridgehead atoms. The molecular formula is C19H22O2. The third kappa shape index (κ3) is 1.96.